The molecule has 1 aromatic carbocycles. The first-order valence-electron chi connectivity index (χ1n) is 9.04. The lowest BCUT2D eigenvalue weighted by atomic mass is 10.0. The number of carbonyl (C=O) groups is 1. The third-order valence-electron chi connectivity index (χ3n) is 4.77. The van der Waals surface area contributed by atoms with E-state index in [0.29, 0.717) is 6.42 Å². The van der Waals surface area contributed by atoms with Crippen LogP contribution in [0.5, 0.6) is 0 Å². The number of nitrogens with two attached hydrogens (primary N) is 1. The van der Waals surface area contributed by atoms with Crippen LogP contribution in [0.2, 0.25) is 0 Å². The van der Waals surface area contributed by atoms with Gasteiger partial charge in [-0.25, -0.2) is 9.02 Å². The van der Waals surface area contributed by atoms with Crippen LogP contribution in [0.3, 0.4) is 0 Å². The molecule has 0 saturated heterocycles. The molecule has 2 unspecified atom stereocenters. The van der Waals surface area contributed by atoms with Crippen LogP contribution in [-0.4, -0.2) is 44.5 Å². The predicted octanol–water partition coefficient (Wildman–Crippen LogP) is 0.509. The van der Waals surface area contributed by atoms with Gasteiger partial charge in [-0.1, -0.05) is 16.4 Å². The van der Waals surface area contributed by atoms with Gasteiger partial charge in [0.25, 0.3) is 0 Å². The molecule has 156 valence electrons. The number of halogens is 1. The molecule has 2 aromatic rings. The van der Waals surface area contributed by atoms with E-state index in [4.69, 9.17) is 10.4 Å². The Balaban J connectivity index is 1.80. The van der Waals surface area contributed by atoms with Gasteiger partial charge in [-0.3, -0.25) is 4.79 Å². The number of amides is 1. The fourth-order valence-corrected chi connectivity index (χ4v) is 3.17. The lowest BCUT2D eigenvalue weighted by Gasteiger charge is -2.25. The number of benzene rings is 1. The maximum absolute atomic E-state index is 13.6. The minimum atomic E-state index is -1.28. The molecule has 0 spiro atoms. The minimum Gasteiger partial charge on any atom is -0.409 e. The number of carbonyl (C=O) groups excluding carboxylic acids is 1. The number of nitrogens with one attached hydrogen (secondary N) is 2. The third kappa shape index (κ3) is 4.35. The number of aryl methyl sites for hydroxylation is 1. The van der Waals surface area contributed by atoms with Crippen LogP contribution in [0, 0.1) is 5.82 Å². The van der Waals surface area contributed by atoms with Crippen molar-refractivity contribution in [3.63, 3.8) is 0 Å². The summed E-state index contributed by atoms with van der Waals surface area (Å²) in [6, 6.07) is 2.93. The highest BCUT2D eigenvalue weighted by Gasteiger charge is 2.32. The second-order valence-electron chi connectivity index (χ2n) is 7.53. The van der Waals surface area contributed by atoms with Gasteiger partial charge in [0, 0.05) is 0 Å². The first-order valence-corrected chi connectivity index (χ1v) is 9.04. The monoisotopic (exact) mass is 406 g/mol. The number of amidine groups is 1. The number of hydrogen-bond donors (Lipinski definition) is 5. The Hall–Kier alpha value is -3.05. The Morgan fingerprint density at radius 2 is 2.24 bits per heavy atom. The highest BCUT2D eigenvalue weighted by molar-refractivity contribution is 5.99. The molecule has 3 rings (SSSR count). The van der Waals surface area contributed by atoms with Crippen molar-refractivity contribution < 1.29 is 24.1 Å². The molecular weight excluding hydrogens is 383 g/mol. The highest BCUT2D eigenvalue weighted by atomic mass is 19.1. The molecule has 0 bridgehead atoms. The number of aliphatic hydroxyl groups is 1. The molecule has 0 fully saturated rings. The summed E-state index contributed by atoms with van der Waals surface area (Å²) >= 11 is 0. The van der Waals surface area contributed by atoms with Crippen LogP contribution in [0.1, 0.15) is 54.9 Å². The van der Waals surface area contributed by atoms with E-state index in [0.717, 1.165) is 17.5 Å². The van der Waals surface area contributed by atoms with E-state index in [1.807, 2.05) is 0 Å². The van der Waals surface area contributed by atoms with Gasteiger partial charge in [-0.2, -0.15) is 0 Å². The molecule has 1 aliphatic rings. The molecular formula is C18H23FN6O4. The van der Waals surface area contributed by atoms with Gasteiger partial charge in [0.2, 0.25) is 5.91 Å². The zero-order chi connectivity index (χ0) is 21.2. The zero-order valence-electron chi connectivity index (χ0n) is 16.0. The second kappa shape index (κ2) is 8.13. The molecule has 6 N–H and O–H groups in total. The summed E-state index contributed by atoms with van der Waals surface area (Å²) in [7, 11) is 0. The Morgan fingerprint density at radius 3 is 2.93 bits per heavy atom. The first-order chi connectivity index (χ1) is 13.8. The average Bonchev–Trinajstić information content (AvgIpc) is 3.32. The topological polar surface area (TPSA) is 159 Å². The van der Waals surface area contributed by atoms with Crippen LogP contribution >= 0.6 is 0 Å². The van der Waals surface area contributed by atoms with Crippen LogP contribution in [0.25, 0.3) is 0 Å². The van der Waals surface area contributed by atoms with E-state index in [-0.39, 0.29) is 35.7 Å². The van der Waals surface area contributed by atoms with Crippen LogP contribution in [-0.2, 0) is 11.2 Å². The quantitative estimate of drug-likeness (QED) is 0.201. The van der Waals surface area contributed by atoms with Crippen molar-refractivity contribution in [3.8, 4) is 0 Å². The van der Waals surface area contributed by atoms with E-state index in [9.17, 15) is 19.5 Å². The Bertz CT molecular complexity index is 929. The summed E-state index contributed by atoms with van der Waals surface area (Å²) < 4.78 is 18.3. The van der Waals surface area contributed by atoms with E-state index in [2.05, 4.69) is 26.1 Å². The van der Waals surface area contributed by atoms with Crippen molar-refractivity contribution in [2.45, 2.75) is 44.3 Å². The third-order valence-corrected chi connectivity index (χ3v) is 4.77. The number of nitrogens with zero attached hydrogens (tertiary/aromatic N) is 3. The number of hydrogen-bond acceptors (Lipinski definition) is 8. The summed E-state index contributed by atoms with van der Waals surface area (Å²) in [4.78, 5) is 12.4. The summed E-state index contributed by atoms with van der Waals surface area (Å²) in [5, 5.41) is 34.9. The normalized spacial score (nSPS) is 17.7. The van der Waals surface area contributed by atoms with E-state index in [1.54, 1.807) is 19.9 Å². The smallest absolute Gasteiger partial charge is 0.243 e. The molecule has 2 atom stereocenters. The number of fused-ring (bicyclic) bond motifs is 1. The number of aromatic nitrogens is 2. The van der Waals surface area contributed by atoms with E-state index in [1.165, 1.54) is 12.1 Å². The van der Waals surface area contributed by atoms with Gasteiger partial charge in [-0.15, -0.1) is 0 Å². The second-order valence-corrected chi connectivity index (χ2v) is 7.53. The molecule has 1 heterocycles. The fraction of sp³-hybridized carbons (Fsp3) is 0.444. The summed E-state index contributed by atoms with van der Waals surface area (Å²) in [6.07, 6.45) is 1.38. The van der Waals surface area contributed by atoms with Crippen LogP contribution in [0.4, 0.5) is 4.39 Å². The molecule has 11 heteroatoms. The van der Waals surface area contributed by atoms with Crippen LogP contribution < -0.4 is 16.4 Å². The van der Waals surface area contributed by atoms with Gasteiger partial charge in [0.15, 0.2) is 11.5 Å². The molecule has 0 radical (unpaired) electrons. The predicted molar refractivity (Wildman–Crippen MR) is 99.5 cm³/mol. The maximum atomic E-state index is 13.6. The zero-order valence-corrected chi connectivity index (χ0v) is 16.0. The van der Waals surface area contributed by atoms with E-state index < -0.39 is 17.5 Å². The Morgan fingerprint density at radius 1 is 1.48 bits per heavy atom. The van der Waals surface area contributed by atoms with Gasteiger partial charge in [0.05, 0.1) is 18.2 Å². The van der Waals surface area contributed by atoms with Crippen molar-refractivity contribution >= 4 is 11.7 Å². The summed E-state index contributed by atoms with van der Waals surface area (Å²) in [5.74, 6) is -1.09. The Labute approximate surface area is 165 Å². The van der Waals surface area contributed by atoms with E-state index >= 15 is 0 Å². The van der Waals surface area contributed by atoms with Gasteiger partial charge < -0.3 is 26.7 Å². The lowest BCUT2D eigenvalue weighted by Crippen LogP contribution is -2.49. The number of oxime groups is 1. The van der Waals surface area contributed by atoms with Crippen molar-refractivity contribution in [2.75, 3.05) is 6.61 Å². The van der Waals surface area contributed by atoms with Gasteiger partial charge in [-0.05, 0) is 55.1 Å². The molecule has 0 saturated carbocycles. The fourth-order valence-electron chi connectivity index (χ4n) is 3.17. The Kier molecular flexibility index (Phi) is 5.80. The van der Waals surface area contributed by atoms with Crippen molar-refractivity contribution in [2.24, 2.45) is 10.9 Å². The largest absolute Gasteiger partial charge is 0.409 e. The SMILES string of the molecule is CC(C)(CO)NC(=O)C(N)c1nonc1/C(=N\O)NC1CCc2ccc(F)cc21. The molecule has 1 aliphatic carbocycles. The number of aliphatic hydroxyl groups excluding tert-OH is 1. The summed E-state index contributed by atoms with van der Waals surface area (Å²) in [6.45, 7) is 2.95. The molecule has 0 aliphatic heterocycles. The van der Waals surface area contributed by atoms with Gasteiger partial charge in [0.1, 0.15) is 17.6 Å². The van der Waals surface area contributed by atoms with Crippen LogP contribution in [0.15, 0.2) is 28.0 Å². The van der Waals surface area contributed by atoms with Crippen molar-refractivity contribution in [1.82, 2.24) is 20.9 Å². The maximum Gasteiger partial charge on any atom is 0.243 e. The minimum absolute atomic E-state index is 0.0400. The molecule has 1 amide bonds. The van der Waals surface area contributed by atoms with Gasteiger partial charge >= 0.3 is 0 Å². The standard InChI is InChI=1S/C18H23FN6O4/c1-18(2,8-26)22-17(27)13(20)14-15(25-29-24-14)16(23-28)21-12-6-4-9-3-5-10(19)7-11(9)12/h3,5,7,12-13,26,28H,4,6,8,20H2,1-2H3,(H,21,23)(H,22,27). The van der Waals surface area contributed by atoms with Crippen molar-refractivity contribution in [3.05, 3.63) is 46.5 Å². The first kappa shape index (κ1) is 20.7. The molecule has 10 nitrogen and oxygen atoms in total. The lowest BCUT2D eigenvalue weighted by molar-refractivity contribution is -0.124. The number of rotatable bonds is 6. The average molecular weight is 406 g/mol. The molecule has 1 aromatic heterocycles. The summed E-state index contributed by atoms with van der Waals surface area (Å²) in [5.41, 5.74) is 6.73. The highest BCUT2D eigenvalue weighted by Crippen LogP contribution is 2.32. The molecule has 29 heavy (non-hydrogen) atoms. The van der Waals surface area contributed by atoms with Crippen molar-refractivity contribution in [1.29, 1.82) is 0 Å².